The normalized spacial score (nSPS) is 13.6. The number of hydrogen-bond acceptors (Lipinski definition) is 7. The van der Waals surface area contributed by atoms with Gasteiger partial charge in [-0.1, -0.05) is 24.3 Å². The molecule has 0 aliphatic carbocycles. The van der Waals surface area contributed by atoms with E-state index in [-0.39, 0.29) is 30.1 Å². The molecular weight excluding hydrogens is 551 g/mol. The van der Waals surface area contributed by atoms with E-state index in [0.29, 0.717) is 33.8 Å². The summed E-state index contributed by atoms with van der Waals surface area (Å²) >= 11 is 0. The minimum atomic E-state index is -3.76. The number of methoxy groups -OCH3 is 1. The molecule has 3 aromatic rings. The first-order valence-corrected chi connectivity index (χ1v) is 14.3. The highest BCUT2D eigenvalue weighted by atomic mass is 32.2. The molecule has 0 saturated carbocycles. The maximum absolute atomic E-state index is 13.9. The van der Waals surface area contributed by atoms with Crippen LogP contribution in [0.25, 0.3) is 11.3 Å². The average molecular weight is 581 g/mol. The highest BCUT2D eigenvalue weighted by molar-refractivity contribution is 7.92. The van der Waals surface area contributed by atoms with Crippen LogP contribution in [0.3, 0.4) is 0 Å². The summed E-state index contributed by atoms with van der Waals surface area (Å²) in [5, 5.41) is 5.94. The van der Waals surface area contributed by atoms with Gasteiger partial charge in [-0.05, 0) is 53.6 Å². The van der Waals surface area contributed by atoms with Crippen molar-refractivity contribution >= 4 is 56.1 Å². The van der Waals surface area contributed by atoms with Gasteiger partial charge in [0.25, 0.3) is 5.91 Å². The highest BCUT2D eigenvalue weighted by Crippen LogP contribution is 2.38. The second-order valence-corrected chi connectivity index (χ2v) is 11.5. The Bertz CT molecular complexity index is 1630. The van der Waals surface area contributed by atoms with Crippen LogP contribution < -0.4 is 14.9 Å². The molecule has 3 aromatic carbocycles. The molecule has 12 heteroatoms. The molecule has 214 valence electrons. The number of esters is 1. The van der Waals surface area contributed by atoms with Crippen molar-refractivity contribution in [3.05, 3.63) is 89.2 Å². The first kappa shape index (κ1) is 29.3. The summed E-state index contributed by atoms with van der Waals surface area (Å²) in [5.41, 5.74) is 3.64. The molecule has 41 heavy (non-hydrogen) atoms. The summed E-state index contributed by atoms with van der Waals surface area (Å²) in [7, 11) is 0.631. The van der Waals surface area contributed by atoms with Crippen LogP contribution in [0.4, 0.5) is 21.5 Å². The van der Waals surface area contributed by atoms with Gasteiger partial charge in [-0.15, -0.1) is 0 Å². The van der Waals surface area contributed by atoms with E-state index in [0.717, 1.165) is 10.6 Å². The molecule has 0 radical (unpaired) electrons. The fourth-order valence-electron chi connectivity index (χ4n) is 4.22. The Kier molecular flexibility index (Phi) is 8.43. The van der Waals surface area contributed by atoms with Crippen LogP contribution >= 0.6 is 0 Å². The monoisotopic (exact) mass is 580 g/mol. The molecule has 2 N–H and O–H groups in total. The van der Waals surface area contributed by atoms with E-state index >= 15 is 0 Å². The minimum Gasteiger partial charge on any atom is -0.469 e. The van der Waals surface area contributed by atoms with Crippen LogP contribution in [0.15, 0.2) is 66.7 Å². The molecule has 0 saturated heterocycles. The fourth-order valence-corrected chi connectivity index (χ4v) is 5.07. The maximum atomic E-state index is 13.9. The van der Waals surface area contributed by atoms with Gasteiger partial charge < -0.3 is 20.3 Å². The number of anilines is 3. The molecule has 2 amide bonds. The Morgan fingerprint density at radius 2 is 1.66 bits per heavy atom. The summed E-state index contributed by atoms with van der Waals surface area (Å²) in [6.45, 7) is -0.362. The molecule has 1 aliphatic rings. The molecule has 0 spiro atoms. The summed E-state index contributed by atoms with van der Waals surface area (Å²) in [5.74, 6) is -1.71. The van der Waals surface area contributed by atoms with Crippen molar-refractivity contribution in [2.75, 3.05) is 48.9 Å². The molecule has 10 nitrogen and oxygen atoms in total. The van der Waals surface area contributed by atoms with E-state index in [2.05, 4.69) is 10.6 Å². The lowest BCUT2D eigenvalue weighted by molar-refractivity contribution is -0.139. The number of nitrogens with one attached hydrogen (secondary N) is 2. The zero-order valence-electron chi connectivity index (χ0n) is 22.9. The summed E-state index contributed by atoms with van der Waals surface area (Å²) in [4.78, 5) is 38.4. The van der Waals surface area contributed by atoms with Crippen LogP contribution in [0, 0.1) is 5.82 Å². The van der Waals surface area contributed by atoms with Gasteiger partial charge >= 0.3 is 5.97 Å². The lowest BCUT2D eigenvalue weighted by Crippen LogP contribution is -2.39. The zero-order valence-corrected chi connectivity index (χ0v) is 23.7. The number of ether oxygens (including phenoxy) is 1. The molecule has 1 heterocycles. The van der Waals surface area contributed by atoms with Crippen molar-refractivity contribution in [1.29, 1.82) is 0 Å². The Morgan fingerprint density at radius 3 is 2.24 bits per heavy atom. The second kappa shape index (κ2) is 11.8. The van der Waals surface area contributed by atoms with Crippen molar-refractivity contribution in [1.82, 2.24) is 4.90 Å². The predicted octanol–water partition coefficient (Wildman–Crippen LogP) is 3.33. The number of sulfonamides is 1. The van der Waals surface area contributed by atoms with Crippen LogP contribution in [0.5, 0.6) is 0 Å². The largest absolute Gasteiger partial charge is 0.469 e. The number of amides is 2. The zero-order chi connectivity index (χ0) is 29.9. The number of likely N-dealkylation sites (N-methyl/N-ethyl adjacent to an activating group) is 1. The maximum Gasteiger partial charge on any atom is 0.309 e. The average Bonchev–Trinajstić information content (AvgIpc) is 3.24. The van der Waals surface area contributed by atoms with Crippen molar-refractivity contribution in [2.24, 2.45) is 0 Å². The number of hydrogen-bond donors (Lipinski definition) is 2. The van der Waals surface area contributed by atoms with Crippen molar-refractivity contribution in [2.45, 2.75) is 6.42 Å². The second-order valence-electron chi connectivity index (χ2n) is 9.57. The number of halogens is 1. The highest BCUT2D eigenvalue weighted by Gasteiger charge is 2.29. The van der Waals surface area contributed by atoms with Gasteiger partial charge in [0, 0.05) is 25.3 Å². The Balaban J connectivity index is 1.74. The third-order valence-electron chi connectivity index (χ3n) is 6.40. The molecule has 0 atom stereocenters. The molecule has 4 rings (SSSR count). The lowest BCUT2D eigenvalue weighted by Gasteiger charge is -2.24. The van der Waals surface area contributed by atoms with Gasteiger partial charge in [0.15, 0.2) is 0 Å². The van der Waals surface area contributed by atoms with E-state index in [1.807, 2.05) is 0 Å². The third kappa shape index (κ3) is 6.72. The number of fused-ring (bicyclic) bond motifs is 1. The molecule has 0 bridgehead atoms. The lowest BCUT2D eigenvalue weighted by atomic mass is 9.98. The van der Waals surface area contributed by atoms with Crippen molar-refractivity contribution < 1.29 is 31.9 Å². The number of carbonyl (C=O) groups excluding carboxylic acids is 3. The van der Waals surface area contributed by atoms with E-state index < -0.39 is 27.7 Å². The van der Waals surface area contributed by atoms with Gasteiger partial charge in [0.2, 0.25) is 15.9 Å². The molecule has 0 aromatic heterocycles. The van der Waals surface area contributed by atoms with Gasteiger partial charge in [-0.25, -0.2) is 12.8 Å². The number of carbonyl (C=O) groups is 3. The molecule has 0 unspecified atom stereocenters. The molecule has 0 fully saturated rings. The first-order chi connectivity index (χ1) is 19.4. The number of rotatable bonds is 9. The van der Waals surface area contributed by atoms with Crippen LogP contribution in [-0.4, -0.2) is 65.1 Å². The summed E-state index contributed by atoms with van der Waals surface area (Å²) in [6, 6.07) is 17.3. The van der Waals surface area contributed by atoms with E-state index in [4.69, 9.17) is 4.74 Å². The topological polar surface area (TPSA) is 125 Å². The Labute approximate surface area is 237 Å². The van der Waals surface area contributed by atoms with Gasteiger partial charge in [0.1, 0.15) is 12.4 Å². The number of benzene rings is 3. The first-order valence-electron chi connectivity index (χ1n) is 12.4. The quantitative estimate of drug-likeness (QED) is 0.294. The summed E-state index contributed by atoms with van der Waals surface area (Å²) < 4.78 is 44.5. The Hall–Kier alpha value is -4.71. The SMILES string of the molecule is COC(=O)Cc1ccc(/C(Nc2ccc(N(CC(=O)N(C)C)S(C)(=O)=O)cc2)=C2/C(=O)Nc3cc(F)ccc32)cc1. The van der Waals surface area contributed by atoms with Crippen molar-refractivity contribution in [3.63, 3.8) is 0 Å². The third-order valence-corrected chi connectivity index (χ3v) is 7.54. The standard InChI is InChI=1S/C29H29FN4O6S/c1-33(2)25(35)17-34(41(4,38)39)22-12-10-21(11-13-22)31-28(19-7-5-18(6-8-19)15-26(36)40-3)27-23-14-9-20(30)16-24(23)32-29(27)37/h5-14,16,31H,15,17H2,1-4H3,(H,32,37)/b28-27-. The molecule has 1 aliphatic heterocycles. The molecular formula is C29H29FN4O6S. The smallest absolute Gasteiger partial charge is 0.309 e. The minimum absolute atomic E-state index is 0.0767. The van der Waals surface area contributed by atoms with Gasteiger partial charge in [-0.3, -0.25) is 18.7 Å². The van der Waals surface area contributed by atoms with Crippen molar-refractivity contribution in [3.8, 4) is 0 Å². The number of nitrogens with zero attached hydrogens (tertiary/aromatic N) is 2. The van der Waals surface area contributed by atoms with Gasteiger partial charge in [-0.2, -0.15) is 0 Å². The van der Waals surface area contributed by atoms with Crippen LogP contribution in [0.2, 0.25) is 0 Å². The Morgan fingerprint density at radius 1 is 1.00 bits per heavy atom. The van der Waals surface area contributed by atoms with E-state index in [1.54, 1.807) is 62.6 Å². The van der Waals surface area contributed by atoms with E-state index in [9.17, 15) is 27.2 Å². The van der Waals surface area contributed by atoms with E-state index in [1.165, 1.54) is 30.2 Å². The van der Waals surface area contributed by atoms with Crippen LogP contribution in [0.1, 0.15) is 16.7 Å². The predicted molar refractivity (Wildman–Crippen MR) is 155 cm³/mol. The van der Waals surface area contributed by atoms with Crippen LogP contribution in [-0.2, 0) is 35.6 Å². The summed E-state index contributed by atoms with van der Waals surface area (Å²) in [6.07, 6.45) is 1.10. The fraction of sp³-hybridized carbons (Fsp3) is 0.207. The van der Waals surface area contributed by atoms with Gasteiger partial charge in [0.05, 0.1) is 42.4 Å².